The van der Waals surface area contributed by atoms with Crippen LogP contribution in [0.2, 0.25) is 5.02 Å². The van der Waals surface area contributed by atoms with E-state index >= 15 is 0 Å². The number of hydrogen-bond acceptors (Lipinski definition) is 5. The van der Waals surface area contributed by atoms with E-state index in [2.05, 4.69) is 20.8 Å². The number of ether oxygens (including phenoxy) is 1. The molecule has 2 heterocycles. The maximum absolute atomic E-state index is 13.7. The van der Waals surface area contributed by atoms with Crippen LogP contribution < -0.4 is 10.6 Å². The molecule has 1 amide bonds. The van der Waals surface area contributed by atoms with Gasteiger partial charge in [0.25, 0.3) is 5.91 Å². The Hall–Kier alpha value is -2.25. The molecule has 1 atom stereocenters. The topological polar surface area (TPSA) is 76.1 Å². The molecule has 1 fully saturated rings. The number of halogens is 2. The third kappa shape index (κ3) is 3.98. The van der Waals surface area contributed by atoms with Crippen molar-refractivity contribution in [2.75, 3.05) is 23.8 Å². The molecule has 1 aromatic heterocycles. The lowest BCUT2D eigenvalue weighted by Crippen LogP contribution is -2.19. The second-order valence-corrected chi connectivity index (χ2v) is 5.78. The fraction of sp³-hybridized carbons (Fsp3) is 0.312. The second kappa shape index (κ2) is 7.55. The third-order valence-electron chi connectivity index (χ3n) is 3.63. The number of anilines is 2. The van der Waals surface area contributed by atoms with Gasteiger partial charge in [-0.3, -0.25) is 4.79 Å². The zero-order valence-corrected chi connectivity index (χ0v) is 13.5. The summed E-state index contributed by atoms with van der Waals surface area (Å²) in [6.07, 6.45) is 2.29. The highest BCUT2D eigenvalue weighted by Crippen LogP contribution is 2.20. The quantitative estimate of drug-likeness (QED) is 0.866. The normalized spacial score (nSPS) is 16.8. The summed E-state index contributed by atoms with van der Waals surface area (Å²) in [5, 5.41) is 13.5. The summed E-state index contributed by atoms with van der Waals surface area (Å²) in [5.41, 5.74) is -0.221. The monoisotopic (exact) mass is 350 g/mol. The van der Waals surface area contributed by atoms with E-state index in [1.54, 1.807) is 12.1 Å². The highest BCUT2D eigenvalue weighted by molar-refractivity contribution is 6.34. The first kappa shape index (κ1) is 16.6. The number of amides is 1. The first-order valence-electron chi connectivity index (χ1n) is 7.58. The van der Waals surface area contributed by atoms with Gasteiger partial charge in [-0.1, -0.05) is 17.7 Å². The van der Waals surface area contributed by atoms with Gasteiger partial charge in [0.15, 0.2) is 5.82 Å². The van der Waals surface area contributed by atoms with Gasteiger partial charge < -0.3 is 15.4 Å². The third-order valence-corrected chi connectivity index (χ3v) is 3.95. The number of carbonyl (C=O) groups is 1. The molecule has 126 valence electrons. The molecule has 3 rings (SSSR count). The number of hydrogen-bond donors (Lipinski definition) is 2. The molecule has 1 aliphatic rings. The van der Waals surface area contributed by atoms with E-state index in [9.17, 15) is 9.18 Å². The van der Waals surface area contributed by atoms with Crippen LogP contribution in [0.5, 0.6) is 0 Å². The van der Waals surface area contributed by atoms with Gasteiger partial charge in [0.1, 0.15) is 11.6 Å². The Morgan fingerprint density at radius 3 is 2.75 bits per heavy atom. The highest BCUT2D eigenvalue weighted by Gasteiger charge is 2.17. The molecule has 0 saturated carbocycles. The largest absolute Gasteiger partial charge is 0.376 e. The van der Waals surface area contributed by atoms with Crippen LogP contribution in [0.1, 0.15) is 23.2 Å². The van der Waals surface area contributed by atoms with Crippen molar-refractivity contribution in [1.29, 1.82) is 0 Å². The molecule has 8 heteroatoms. The molecule has 1 aromatic carbocycles. The Bertz CT molecular complexity index is 700. The maximum Gasteiger partial charge on any atom is 0.261 e. The van der Waals surface area contributed by atoms with Gasteiger partial charge in [0.2, 0.25) is 0 Å². The first-order chi connectivity index (χ1) is 11.6. The van der Waals surface area contributed by atoms with Crippen molar-refractivity contribution in [3.8, 4) is 0 Å². The van der Waals surface area contributed by atoms with Crippen LogP contribution in [0.15, 0.2) is 30.3 Å². The van der Waals surface area contributed by atoms with Gasteiger partial charge in [-0.05, 0) is 37.1 Å². The molecule has 2 N–H and O–H groups in total. The van der Waals surface area contributed by atoms with Crippen LogP contribution in [0.3, 0.4) is 0 Å². The number of aromatic nitrogens is 2. The fourth-order valence-electron chi connectivity index (χ4n) is 2.41. The molecule has 1 unspecified atom stereocenters. The van der Waals surface area contributed by atoms with Crippen LogP contribution in [-0.4, -0.2) is 35.4 Å². The molecule has 1 aliphatic heterocycles. The van der Waals surface area contributed by atoms with E-state index in [1.165, 1.54) is 18.2 Å². The number of nitrogens with one attached hydrogen (secondary N) is 2. The zero-order valence-electron chi connectivity index (χ0n) is 12.8. The Morgan fingerprint density at radius 2 is 2.08 bits per heavy atom. The Labute approximate surface area is 143 Å². The zero-order chi connectivity index (χ0) is 16.9. The van der Waals surface area contributed by atoms with Crippen LogP contribution in [0.25, 0.3) is 0 Å². The van der Waals surface area contributed by atoms with Crippen molar-refractivity contribution in [2.24, 2.45) is 0 Å². The smallest absolute Gasteiger partial charge is 0.261 e. The summed E-state index contributed by atoms with van der Waals surface area (Å²) < 4.78 is 19.2. The summed E-state index contributed by atoms with van der Waals surface area (Å²) in [7, 11) is 0. The van der Waals surface area contributed by atoms with Gasteiger partial charge >= 0.3 is 0 Å². The Balaban J connectivity index is 1.60. The Kier molecular flexibility index (Phi) is 5.22. The van der Waals surface area contributed by atoms with E-state index in [0.29, 0.717) is 12.4 Å². The minimum absolute atomic E-state index is 0.0373. The standard InChI is InChI=1S/C16H16ClFN4O2/c17-11-4-1-5-12(18)15(11)16(23)20-14-7-6-13(21-22-14)19-9-10-3-2-8-24-10/h1,4-7,10H,2-3,8-9H2,(H,19,21)(H,20,22,23). The second-order valence-electron chi connectivity index (χ2n) is 5.37. The lowest BCUT2D eigenvalue weighted by Gasteiger charge is -2.11. The maximum atomic E-state index is 13.7. The molecule has 1 saturated heterocycles. The summed E-state index contributed by atoms with van der Waals surface area (Å²) in [5.74, 6) is -0.579. The van der Waals surface area contributed by atoms with Crippen molar-refractivity contribution in [3.05, 3.63) is 46.7 Å². The summed E-state index contributed by atoms with van der Waals surface area (Å²) in [6, 6.07) is 7.31. The van der Waals surface area contributed by atoms with Crippen molar-refractivity contribution >= 4 is 29.1 Å². The Morgan fingerprint density at radius 1 is 1.29 bits per heavy atom. The molecule has 2 aromatic rings. The SMILES string of the molecule is O=C(Nc1ccc(NCC2CCCO2)nn1)c1c(F)cccc1Cl. The van der Waals surface area contributed by atoms with Crippen LogP contribution in [0.4, 0.5) is 16.0 Å². The average Bonchev–Trinajstić information content (AvgIpc) is 3.07. The molecule has 0 bridgehead atoms. The first-order valence-corrected chi connectivity index (χ1v) is 7.96. The van der Waals surface area contributed by atoms with Crippen molar-refractivity contribution in [1.82, 2.24) is 10.2 Å². The van der Waals surface area contributed by atoms with Crippen molar-refractivity contribution in [2.45, 2.75) is 18.9 Å². The lowest BCUT2D eigenvalue weighted by molar-refractivity contribution is 0.102. The molecule has 24 heavy (non-hydrogen) atoms. The minimum Gasteiger partial charge on any atom is -0.376 e. The van der Waals surface area contributed by atoms with Gasteiger partial charge in [0, 0.05) is 13.2 Å². The molecular formula is C16H16ClFN4O2. The van der Waals surface area contributed by atoms with E-state index < -0.39 is 11.7 Å². The summed E-state index contributed by atoms with van der Waals surface area (Å²) in [4.78, 5) is 12.1. The van der Waals surface area contributed by atoms with E-state index in [1.807, 2.05) is 0 Å². The number of carbonyl (C=O) groups excluding carboxylic acids is 1. The van der Waals surface area contributed by atoms with Crippen LogP contribution >= 0.6 is 11.6 Å². The number of benzene rings is 1. The van der Waals surface area contributed by atoms with Gasteiger partial charge in [0.05, 0.1) is 16.7 Å². The van der Waals surface area contributed by atoms with E-state index in [0.717, 1.165) is 19.4 Å². The summed E-state index contributed by atoms with van der Waals surface area (Å²) in [6.45, 7) is 1.45. The lowest BCUT2D eigenvalue weighted by atomic mass is 10.2. The van der Waals surface area contributed by atoms with E-state index in [-0.39, 0.29) is 22.5 Å². The van der Waals surface area contributed by atoms with Crippen LogP contribution in [-0.2, 0) is 4.74 Å². The molecule has 0 aliphatic carbocycles. The van der Waals surface area contributed by atoms with Gasteiger partial charge in [-0.2, -0.15) is 0 Å². The minimum atomic E-state index is -0.692. The van der Waals surface area contributed by atoms with Crippen LogP contribution in [0, 0.1) is 5.82 Å². The predicted octanol–water partition coefficient (Wildman–Crippen LogP) is 3.11. The predicted molar refractivity (Wildman–Crippen MR) is 88.9 cm³/mol. The average molecular weight is 351 g/mol. The highest BCUT2D eigenvalue weighted by atomic mass is 35.5. The molecule has 6 nitrogen and oxygen atoms in total. The van der Waals surface area contributed by atoms with Gasteiger partial charge in [-0.15, -0.1) is 10.2 Å². The van der Waals surface area contributed by atoms with Crippen molar-refractivity contribution in [3.63, 3.8) is 0 Å². The molecule has 0 spiro atoms. The fourth-order valence-corrected chi connectivity index (χ4v) is 2.66. The van der Waals surface area contributed by atoms with E-state index in [4.69, 9.17) is 16.3 Å². The number of rotatable bonds is 5. The summed E-state index contributed by atoms with van der Waals surface area (Å²) >= 11 is 5.86. The van der Waals surface area contributed by atoms with Gasteiger partial charge in [-0.25, -0.2) is 4.39 Å². The molecular weight excluding hydrogens is 335 g/mol. The molecule has 0 radical (unpaired) electrons. The number of nitrogens with zero attached hydrogens (tertiary/aromatic N) is 2. The van der Waals surface area contributed by atoms with Crippen molar-refractivity contribution < 1.29 is 13.9 Å².